The monoisotopic (exact) mass is 257 g/mol. The number of nitrogens with one attached hydrogen (secondary N) is 2. The lowest BCUT2D eigenvalue weighted by atomic mass is 10.1. The Labute approximate surface area is 112 Å². The number of imidazole rings is 1. The number of H-pyrrole nitrogens is 1. The van der Waals surface area contributed by atoms with Crippen molar-refractivity contribution in [2.24, 2.45) is 0 Å². The van der Waals surface area contributed by atoms with E-state index in [2.05, 4.69) is 21.4 Å². The van der Waals surface area contributed by atoms with Gasteiger partial charge in [0.05, 0.1) is 0 Å². The number of nitrogens with zero attached hydrogens (tertiary/aromatic N) is 1. The second-order valence-corrected chi connectivity index (χ2v) is 5.03. The van der Waals surface area contributed by atoms with E-state index in [1.54, 1.807) is 12.3 Å². The quantitative estimate of drug-likeness (QED) is 0.720. The molecular weight excluding hydrogens is 238 g/mol. The first kappa shape index (κ1) is 12.2. The molecule has 1 aliphatic rings. The van der Waals surface area contributed by atoms with E-state index in [0.717, 1.165) is 43.6 Å². The van der Waals surface area contributed by atoms with Crippen LogP contribution in [0.25, 0.3) is 0 Å². The Bertz CT molecular complexity index is 536. The Hall–Kier alpha value is -1.81. The third-order valence-corrected chi connectivity index (χ3v) is 3.78. The van der Waals surface area contributed by atoms with Gasteiger partial charge in [0.15, 0.2) is 0 Å². The maximum atomic E-state index is 9.81. The van der Waals surface area contributed by atoms with Gasteiger partial charge >= 0.3 is 0 Å². The maximum absolute atomic E-state index is 9.81. The molecule has 4 heteroatoms. The first-order valence-electron chi connectivity index (χ1n) is 6.87. The minimum Gasteiger partial charge on any atom is -0.508 e. The Balaban J connectivity index is 1.51. The summed E-state index contributed by atoms with van der Waals surface area (Å²) in [4.78, 5) is 7.33. The van der Waals surface area contributed by atoms with Gasteiger partial charge in [-0.25, -0.2) is 4.98 Å². The van der Waals surface area contributed by atoms with Crippen LogP contribution in [0.4, 0.5) is 0 Å². The summed E-state index contributed by atoms with van der Waals surface area (Å²) in [6.45, 7) is 0.973. The van der Waals surface area contributed by atoms with E-state index in [-0.39, 0.29) is 0 Å². The molecule has 19 heavy (non-hydrogen) atoms. The molecule has 1 heterocycles. The number of benzene rings is 1. The van der Waals surface area contributed by atoms with Crippen LogP contribution < -0.4 is 5.32 Å². The lowest BCUT2D eigenvalue weighted by Gasteiger charge is -2.13. The Kier molecular flexibility index (Phi) is 3.51. The van der Waals surface area contributed by atoms with Crippen molar-refractivity contribution in [2.75, 3.05) is 6.54 Å². The van der Waals surface area contributed by atoms with Crippen molar-refractivity contribution in [3.05, 3.63) is 47.5 Å². The average molecular weight is 257 g/mol. The van der Waals surface area contributed by atoms with Gasteiger partial charge in [-0.2, -0.15) is 0 Å². The topological polar surface area (TPSA) is 60.9 Å². The molecular formula is C15H19N3O. The van der Waals surface area contributed by atoms with Gasteiger partial charge in [0.1, 0.15) is 11.6 Å². The smallest absolute Gasteiger partial charge is 0.119 e. The van der Waals surface area contributed by atoms with Crippen molar-refractivity contribution in [1.29, 1.82) is 0 Å². The number of hydrogen-bond donors (Lipinski definition) is 3. The highest BCUT2D eigenvalue weighted by Crippen LogP contribution is 2.36. The van der Waals surface area contributed by atoms with Crippen molar-refractivity contribution in [2.45, 2.75) is 31.7 Å². The molecule has 0 radical (unpaired) electrons. The number of aromatic hydroxyl groups is 1. The molecule has 1 aliphatic carbocycles. The first-order chi connectivity index (χ1) is 9.34. The summed E-state index contributed by atoms with van der Waals surface area (Å²) in [5.74, 6) is 1.49. The number of hydrogen-bond acceptors (Lipinski definition) is 3. The number of fused-ring (bicyclic) bond motifs is 1. The minimum atomic E-state index is 0.388. The van der Waals surface area contributed by atoms with Gasteiger partial charge in [0, 0.05) is 24.9 Å². The number of phenols is 1. The molecule has 0 amide bonds. The Morgan fingerprint density at radius 3 is 3.21 bits per heavy atom. The van der Waals surface area contributed by atoms with Crippen LogP contribution in [0, 0.1) is 0 Å². The van der Waals surface area contributed by atoms with Crippen LogP contribution in [0.2, 0.25) is 0 Å². The molecule has 3 rings (SSSR count). The lowest BCUT2D eigenvalue weighted by molar-refractivity contribution is 0.469. The third kappa shape index (κ3) is 2.63. The maximum Gasteiger partial charge on any atom is 0.119 e. The van der Waals surface area contributed by atoms with Crippen LogP contribution in [0.1, 0.15) is 35.8 Å². The molecule has 4 nitrogen and oxygen atoms in total. The van der Waals surface area contributed by atoms with Gasteiger partial charge in [-0.15, -0.1) is 0 Å². The molecule has 2 aromatic rings. The van der Waals surface area contributed by atoms with E-state index >= 15 is 0 Å². The fourth-order valence-corrected chi connectivity index (χ4v) is 2.81. The summed E-state index contributed by atoms with van der Waals surface area (Å²) < 4.78 is 0. The molecule has 0 spiro atoms. The highest BCUT2D eigenvalue weighted by atomic mass is 16.3. The Morgan fingerprint density at radius 2 is 2.37 bits per heavy atom. The van der Waals surface area contributed by atoms with E-state index in [1.165, 1.54) is 5.56 Å². The molecule has 0 aliphatic heterocycles. The summed E-state index contributed by atoms with van der Waals surface area (Å²) in [6.07, 6.45) is 7.74. The number of aromatic amines is 1. The minimum absolute atomic E-state index is 0.388. The standard InChI is InChI=1S/C15H19N3O/c19-14-4-1-3-11-12(14)6-7-13(11)16-8-2-5-15-17-9-10-18-15/h1,3-4,9-10,13,16,19H,2,5-8H2,(H,17,18). The van der Waals surface area contributed by atoms with Gasteiger partial charge in [-0.3, -0.25) is 0 Å². The predicted octanol–water partition coefficient (Wildman–Crippen LogP) is 2.33. The molecule has 100 valence electrons. The molecule has 0 saturated carbocycles. The van der Waals surface area contributed by atoms with Crippen molar-refractivity contribution >= 4 is 0 Å². The van der Waals surface area contributed by atoms with Crippen molar-refractivity contribution in [3.8, 4) is 5.75 Å². The SMILES string of the molecule is Oc1cccc2c1CCC2NCCCc1ncc[nH]1. The zero-order valence-electron chi connectivity index (χ0n) is 10.9. The normalized spacial score (nSPS) is 17.6. The number of phenolic OH excluding ortho intramolecular Hbond substituents is 1. The highest BCUT2D eigenvalue weighted by Gasteiger charge is 2.23. The molecule has 1 aromatic heterocycles. The molecule has 0 saturated heterocycles. The third-order valence-electron chi connectivity index (χ3n) is 3.78. The van der Waals surface area contributed by atoms with Gasteiger partial charge in [0.2, 0.25) is 0 Å². The van der Waals surface area contributed by atoms with E-state index in [4.69, 9.17) is 0 Å². The number of rotatable bonds is 5. The summed E-state index contributed by atoms with van der Waals surface area (Å²) in [5, 5.41) is 13.4. The lowest BCUT2D eigenvalue weighted by Crippen LogP contribution is -2.20. The largest absolute Gasteiger partial charge is 0.508 e. The Morgan fingerprint density at radius 1 is 1.42 bits per heavy atom. The molecule has 1 atom stereocenters. The van der Waals surface area contributed by atoms with Gasteiger partial charge in [-0.1, -0.05) is 12.1 Å². The summed E-state index contributed by atoms with van der Waals surface area (Å²) >= 11 is 0. The first-order valence-corrected chi connectivity index (χ1v) is 6.87. The summed E-state index contributed by atoms with van der Waals surface area (Å²) in [5.41, 5.74) is 2.38. The fraction of sp³-hybridized carbons (Fsp3) is 0.400. The van der Waals surface area contributed by atoms with E-state index < -0.39 is 0 Å². The van der Waals surface area contributed by atoms with Crippen molar-refractivity contribution < 1.29 is 5.11 Å². The summed E-state index contributed by atoms with van der Waals surface area (Å²) in [7, 11) is 0. The zero-order valence-corrected chi connectivity index (χ0v) is 10.9. The number of aryl methyl sites for hydroxylation is 1. The van der Waals surface area contributed by atoms with E-state index in [1.807, 2.05) is 12.3 Å². The molecule has 0 fully saturated rings. The second kappa shape index (κ2) is 5.45. The van der Waals surface area contributed by atoms with E-state index in [0.29, 0.717) is 11.8 Å². The van der Waals surface area contributed by atoms with Crippen LogP contribution >= 0.6 is 0 Å². The molecule has 1 unspecified atom stereocenters. The zero-order chi connectivity index (χ0) is 13.1. The van der Waals surface area contributed by atoms with Crippen molar-refractivity contribution in [1.82, 2.24) is 15.3 Å². The molecule has 3 N–H and O–H groups in total. The average Bonchev–Trinajstić information content (AvgIpc) is 3.05. The molecule has 0 bridgehead atoms. The van der Waals surface area contributed by atoms with Crippen LogP contribution in [-0.4, -0.2) is 21.6 Å². The second-order valence-electron chi connectivity index (χ2n) is 5.03. The van der Waals surface area contributed by atoms with E-state index in [9.17, 15) is 5.11 Å². The van der Waals surface area contributed by atoms with Crippen LogP contribution in [0.5, 0.6) is 5.75 Å². The van der Waals surface area contributed by atoms with Gasteiger partial charge in [-0.05, 0) is 43.0 Å². The fourth-order valence-electron chi connectivity index (χ4n) is 2.81. The highest BCUT2D eigenvalue weighted by molar-refractivity contribution is 5.44. The number of aromatic nitrogens is 2. The van der Waals surface area contributed by atoms with Gasteiger partial charge in [0.25, 0.3) is 0 Å². The summed E-state index contributed by atoms with van der Waals surface area (Å²) in [6, 6.07) is 6.21. The van der Waals surface area contributed by atoms with Crippen LogP contribution in [0.3, 0.4) is 0 Å². The predicted molar refractivity (Wildman–Crippen MR) is 74.1 cm³/mol. The van der Waals surface area contributed by atoms with Gasteiger partial charge < -0.3 is 15.4 Å². The van der Waals surface area contributed by atoms with Crippen LogP contribution in [-0.2, 0) is 12.8 Å². The molecule has 1 aromatic carbocycles. The van der Waals surface area contributed by atoms with Crippen LogP contribution in [0.15, 0.2) is 30.6 Å². The van der Waals surface area contributed by atoms with Crippen molar-refractivity contribution in [3.63, 3.8) is 0 Å².